The first-order chi connectivity index (χ1) is 17.1. The standard InChI is InChI=1S/C27H35Cl2N5O2/c1-16-6-7-21(22(28)9-16)17(2)31-24-23(29)12-30-26(32-24)34-14-19(15-34)18-5-4-8-33(13-18)20-10-27(3,11-20)25(35)36/h6-7,9,12,17-20H,4-5,8,10-11,13-15H2,1-3H3,(H,35,36)(H,30,31,32). The Labute approximate surface area is 223 Å². The van der Waals surface area contributed by atoms with Crippen LogP contribution in [0.15, 0.2) is 24.4 Å². The highest BCUT2D eigenvalue weighted by molar-refractivity contribution is 6.33. The molecule has 0 amide bonds. The summed E-state index contributed by atoms with van der Waals surface area (Å²) in [7, 11) is 0. The molecule has 1 aromatic heterocycles. The first-order valence-electron chi connectivity index (χ1n) is 12.9. The lowest BCUT2D eigenvalue weighted by Gasteiger charge is -2.52. The van der Waals surface area contributed by atoms with Crippen molar-refractivity contribution >= 4 is 40.9 Å². The second-order valence-corrected chi connectivity index (χ2v) is 12.1. The molecule has 0 spiro atoms. The molecule has 194 valence electrons. The third kappa shape index (κ3) is 5.02. The van der Waals surface area contributed by atoms with Gasteiger partial charge in [-0.15, -0.1) is 0 Å². The molecule has 5 rings (SSSR count). The lowest BCUT2D eigenvalue weighted by atomic mass is 9.65. The number of hydrogen-bond acceptors (Lipinski definition) is 6. The molecule has 2 N–H and O–H groups in total. The zero-order chi connectivity index (χ0) is 25.6. The van der Waals surface area contributed by atoms with E-state index in [1.54, 1.807) is 6.20 Å². The smallest absolute Gasteiger partial charge is 0.309 e. The fourth-order valence-electron chi connectivity index (χ4n) is 6.02. The van der Waals surface area contributed by atoms with Crippen LogP contribution in [0.5, 0.6) is 0 Å². The van der Waals surface area contributed by atoms with E-state index in [2.05, 4.69) is 26.2 Å². The minimum atomic E-state index is -0.657. The summed E-state index contributed by atoms with van der Waals surface area (Å²) in [5, 5.41) is 14.1. The number of halogens is 2. The van der Waals surface area contributed by atoms with Crippen molar-refractivity contribution in [2.45, 2.75) is 58.5 Å². The highest BCUT2D eigenvalue weighted by Gasteiger charge is 2.49. The van der Waals surface area contributed by atoms with Gasteiger partial charge in [-0.1, -0.05) is 35.3 Å². The van der Waals surface area contributed by atoms with Crippen LogP contribution in [0.1, 0.15) is 56.7 Å². The number of carbonyl (C=O) groups is 1. The van der Waals surface area contributed by atoms with Crippen molar-refractivity contribution in [2.24, 2.45) is 17.3 Å². The zero-order valence-corrected chi connectivity index (χ0v) is 22.7. The number of anilines is 2. The first kappa shape index (κ1) is 25.6. The molecule has 7 nitrogen and oxygen atoms in total. The molecule has 9 heteroatoms. The van der Waals surface area contributed by atoms with Gasteiger partial charge in [0.15, 0.2) is 5.82 Å². The Balaban J connectivity index is 1.17. The van der Waals surface area contributed by atoms with Crippen LogP contribution in [-0.4, -0.2) is 58.2 Å². The van der Waals surface area contributed by atoms with Gasteiger partial charge in [0.2, 0.25) is 5.95 Å². The third-order valence-corrected chi connectivity index (χ3v) is 9.06. The van der Waals surface area contributed by atoms with Gasteiger partial charge < -0.3 is 20.2 Å². The highest BCUT2D eigenvalue weighted by atomic mass is 35.5. The SMILES string of the molecule is Cc1ccc(C(C)Nc2nc(N3CC(C4CCCN(C5CC(C)(C(=O)O)C5)C4)C3)ncc2Cl)c(Cl)c1. The van der Waals surface area contributed by atoms with Crippen LogP contribution >= 0.6 is 23.2 Å². The van der Waals surface area contributed by atoms with Crippen molar-refractivity contribution in [1.29, 1.82) is 0 Å². The first-order valence-corrected chi connectivity index (χ1v) is 13.7. The summed E-state index contributed by atoms with van der Waals surface area (Å²) in [6.45, 7) is 9.99. The molecule has 1 aromatic carbocycles. The molecular weight excluding hydrogens is 497 g/mol. The molecule has 2 aliphatic heterocycles. The van der Waals surface area contributed by atoms with E-state index in [0.29, 0.717) is 34.7 Å². The molecule has 36 heavy (non-hydrogen) atoms. The lowest BCUT2D eigenvalue weighted by molar-refractivity contribution is -0.158. The van der Waals surface area contributed by atoms with Crippen LogP contribution in [-0.2, 0) is 4.79 Å². The molecule has 0 bridgehead atoms. The van der Waals surface area contributed by atoms with Crippen LogP contribution < -0.4 is 10.2 Å². The number of nitrogens with zero attached hydrogens (tertiary/aromatic N) is 4. The number of nitrogens with one attached hydrogen (secondary N) is 1. The van der Waals surface area contributed by atoms with Crippen LogP contribution in [0.3, 0.4) is 0 Å². The van der Waals surface area contributed by atoms with E-state index in [-0.39, 0.29) is 6.04 Å². The van der Waals surface area contributed by atoms with E-state index < -0.39 is 11.4 Å². The number of aryl methyl sites for hydroxylation is 1. The van der Waals surface area contributed by atoms with Gasteiger partial charge in [0.25, 0.3) is 0 Å². The molecule has 3 aliphatic rings. The maximum atomic E-state index is 11.5. The number of carboxylic acids is 1. The Bertz CT molecular complexity index is 1130. The van der Waals surface area contributed by atoms with Crippen molar-refractivity contribution in [1.82, 2.24) is 14.9 Å². The maximum Gasteiger partial charge on any atom is 0.309 e. The van der Waals surface area contributed by atoms with E-state index in [1.807, 2.05) is 32.9 Å². The normalized spacial score (nSPS) is 27.8. The molecular formula is C27H35Cl2N5O2. The van der Waals surface area contributed by atoms with Gasteiger partial charge in [-0.25, -0.2) is 4.98 Å². The van der Waals surface area contributed by atoms with E-state index in [4.69, 9.17) is 28.2 Å². The summed E-state index contributed by atoms with van der Waals surface area (Å²) >= 11 is 12.9. The third-order valence-electron chi connectivity index (χ3n) is 8.46. The van der Waals surface area contributed by atoms with Gasteiger partial charge in [-0.05, 0) is 82.0 Å². The number of benzene rings is 1. The monoisotopic (exact) mass is 531 g/mol. The van der Waals surface area contributed by atoms with E-state index in [0.717, 1.165) is 55.2 Å². The minimum Gasteiger partial charge on any atom is -0.481 e. The van der Waals surface area contributed by atoms with Crippen LogP contribution in [0.25, 0.3) is 0 Å². The Morgan fingerprint density at radius 2 is 1.94 bits per heavy atom. The second kappa shape index (κ2) is 9.99. The summed E-state index contributed by atoms with van der Waals surface area (Å²) in [5.74, 6) is 1.91. The second-order valence-electron chi connectivity index (χ2n) is 11.2. The lowest BCUT2D eigenvalue weighted by Crippen LogP contribution is -2.58. The maximum absolute atomic E-state index is 11.5. The fraction of sp³-hybridized carbons (Fsp3) is 0.593. The zero-order valence-electron chi connectivity index (χ0n) is 21.2. The Hall–Kier alpha value is -2.09. The molecule has 0 radical (unpaired) electrons. The van der Waals surface area contributed by atoms with E-state index in [9.17, 15) is 9.90 Å². The topological polar surface area (TPSA) is 81.6 Å². The number of rotatable bonds is 7. The Kier molecular flexibility index (Phi) is 7.09. The van der Waals surface area contributed by atoms with Crippen molar-refractivity contribution in [3.63, 3.8) is 0 Å². The van der Waals surface area contributed by atoms with Crippen LogP contribution in [0.4, 0.5) is 11.8 Å². The Morgan fingerprint density at radius 1 is 1.19 bits per heavy atom. The summed E-state index contributed by atoms with van der Waals surface area (Å²) in [4.78, 5) is 25.5. The molecule has 3 heterocycles. The highest BCUT2D eigenvalue weighted by Crippen LogP contribution is 2.45. The summed E-state index contributed by atoms with van der Waals surface area (Å²) < 4.78 is 0. The van der Waals surface area contributed by atoms with Crippen LogP contribution in [0.2, 0.25) is 10.0 Å². The number of piperidine rings is 1. The number of likely N-dealkylation sites (tertiary alicyclic amines) is 1. The van der Waals surface area contributed by atoms with Gasteiger partial charge in [0.05, 0.1) is 17.7 Å². The van der Waals surface area contributed by atoms with Gasteiger partial charge in [-0.3, -0.25) is 4.79 Å². The van der Waals surface area contributed by atoms with E-state index >= 15 is 0 Å². The number of carboxylic acid groups (broad SMARTS) is 1. The summed E-state index contributed by atoms with van der Waals surface area (Å²) in [5.41, 5.74) is 1.59. The van der Waals surface area contributed by atoms with Gasteiger partial charge in [-0.2, -0.15) is 4.98 Å². The minimum absolute atomic E-state index is 0.0507. The molecule has 2 atom stereocenters. The number of aliphatic carboxylic acids is 1. The molecule has 3 fully saturated rings. The van der Waals surface area contributed by atoms with Gasteiger partial charge >= 0.3 is 5.97 Å². The summed E-state index contributed by atoms with van der Waals surface area (Å²) in [6.07, 6.45) is 5.63. The predicted molar refractivity (Wildman–Crippen MR) is 144 cm³/mol. The van der Waals surface area contributed by atoms with Crippen molar-refractivity contribution in [3.8, 4) is 0 Å². The van der Waals surface area contributed by atoms with Crippen molar-refractivity contribution in [3.05, 3.63) is 45.6 Å². The van der Waals surface area contributed by atoms with Crippen molar-refractivity contribution < 1.29 is 9.90 Å². The molecule has 1 aliphatic carbocycles. The number of aromatic nitrogens is 2. The predicted octanol–water partition coefficient (Wildman–Crippen LogP) is 5.67. The average Bonchev–Trinajstić information content (AvgIpc) is 2.78. The largest absolute Gasteiger partial charge is 0.481 e. The van der Waals surface area contributed by atoms with Crippen LogP contribution in [0, 0.1) is 24.2 Å². The molecule has 2 aromatic rings. The summed E-state index contributed by atoms with van der Waals surface area (Å²) in [6, 6.07) is 6.41. The molecule has 1 saturated carbocycles. The molecule has 2 saturated heterocycles. The number of hydrogen-bond donors (Lipinski definition) is 2. The van der Waals surface area contributed by atoms with Gasteiger partial charge in [0, 0.05) is 30.7 Å². The average molecular weight is 533 g/mol. The fourth-order valence-corrected chi connectivity index (χ4v) is 6.57. The van der Waals surface area contributed by atoms with Gasteiger partial charge in [0.1, 0.15) is 5.02 Å². The van der Waals surface area contributed by atoms with Crippen molar-refractivity contribution in [2.75, 3.05) is 36.4 Å². The quantitative estimate of drug-likeness (QED) is 0.476. The molecule has 2 unspecified atom stereocenters. The Morgan fingerprint density at radius 3 is 2.64 bits per heavy atom. The van der Waals surface area contributed by atoms with E-state index in [1.165, 1.54) is 12.8 Å².